The van der Waals surface area contributed by atoms with E-state index in [1.54, 1.807) is 6.08 Å². The standard InChI is InChI=1S/C30H35ClN4O/c1-3-22-6-7-23(27(31)19-22)8-11-30(36)32-24-9-10-28-26(20-24)21(2)18-29(33-28)35-16-12-25(13-17-35)34-14-4-5-15-34/h6-11,18-20,25H,3-5,12-17H2,1-2H3,(H,32,36). The van der Waals surface area contributed by atoms with E-state index in [1.165, 1.54) is 56.0 Å². The van der Waals surface area contributed by atoms with Gasteiger partial charge in [0.2, 0.25) is 5.91 Å². The second kappa shape index (κ2) is 11.0. The summed E-state index contributed by atoms with van der Waals surface area (Å²) in [5.41, 5.74) is 4.90. The van der Waals surface area contributed by atoms with Gasteiger partial charge in [-0.1, -0.05) is 30.7 Å². The van der Waals surface area contributed by atoms with Gasteiger partial charge in [0.25, 0.3) is 0 Å². The van der Waals surface area contributed by atoms with Crippen molar-refractivity contribution in [3.63, 3.8) is 0 Å². The number of piperidine rings is 1. The van der Waals surface area contributed by atoms with Crippen molar-refractivity contribution in [1.82, 2.24) is 9.88 Å². The van der Waals surface area contributed by atoms with Crippen molar-refractivity contribution in [1.29, 1.82) is 0 Å². The first kappa shape index (κ1) is 24.8. The zero-order valence-corrected chi connectivity index (χ0v) is 22.0. The molecule has 0 atom stereocenters. The predicted octanol–water partition coefficient (Wildman–Crippen LogP) is 6.48. The number of nitrogens with one attached hydrogen (secondary N) is 1. The number of nitrogens with zero attached hydrogens (tertiary/aromatic N) is 3. The largest absolute Gasteiger partial charge is 0.356 e. The molecule has 0 radical (unpaired) electrons. The third-order valence-corrected chi connectivity index (χ3v) is 7.93. The number of fused-ring (bicyclic) bond motifs is 1. The third kappa shape index (κ3) is 5.58. The van der Waals surface area contributed by atoms with E-state index in [2.05, 4.69) is 35.0 Å². The fourth-order valence-corrected chi connectivity index (χ4v) is 5.72. The molecule has 5 nitrogen and oxygen atoms in total. The highest BCUT2D eigenvalue weighted by Gasteiger charge is 2.27. The van der Waals surface area contributed by atoms with Gasteiger partial charge in [0.1, 0.15) is 5.82 Å². The molecule has 0 aliphatic carbocycles. The van der Waals surface area contributed by atoms with Gasteiger partial charge in [0.15, 0.2) is 0 Å². The Bertz CT molecular complexity index is 1270. The first-order chi connectivity index (χ1) is 17.5. The summed E-state index contributed by atoms with van der Waals surface area (Å²) < 4.78 is 0. The van der Waals surface area contributed by atoms with Crippen LogP contribution in [-0.4, -0.2) is 48.0 Å². The van der Waals surface area contributed by atoms with Gasteiger partial charge in [-0.2, -0.15) is 0 Å². The second-order valence-corrected chi connectivity index (χ2v) is 10.4. The van der Waals surface area contributed by atoms with Crippen LogP contribution in [0.4, 0.5) is 11.5 Å². The highest BCUT2D eigenvalue weighted by molar-refractivity contribution is 6.32. The minimum atomic E-state index is -0.187. The highest BCUT2D eigenvalue weighted by Crippen LogP contribution is 2.29. The maximum absolute atomic E-state index is 12.6. The number of hydrogen-bond acceptors (Lipinski definition) is 4. The normalized spacial score (nSPS) is 17.4. The minimum absolute atomic E-state index is 0.187. The summed E-state index contributed by atoms with van der Waals surface area (Å²) >= 11 is 6.34. The van der Waals surface area contributed by atoms with Crippen LogP contribution in [-0.2, 0) is 11.2 Å². The molecule has 3 heterocycles. The molecule has 6 heteroatoms. The van der Waals surface area contributed by atoms with Gasteiger partial charge >= 0.3 is 0 Å². The van der Waals surface area contributed by atoms with Gasteiger partial charge < -0.3 is 15.1 Å². The summed E-state index contributed by atoms with van der Waals surface area (Å²) in [7, 11) is 0. The zero-order chi connectivity index (χ0) is 25.1. The van der Waals surface area contributed by atoms with Crippen molar-refractivity contribution in [2.45, 2.75) is 52.0 Å². The van der Waals surface area contributed by atoms with Crippen LogP contribution in [0.2, 0.25) is 5.02 Å². The van der Waals surface area contributed by atoms with Crippen molar-refractivity contribution in [2.24, 2.45) is 0 Å². The number of carbonyl (C=O) groups excluding carboxylic acids is 1. The number of anilines is 2. The van der Waals surface area contributed by atoms with Gasteiger partial charge in [-0.3, -0.25) is 4.79 Å². The molecular weight excluding hydrogens is 468 g/mol. The predicted molar refractivity (Wildman–Crippen MR) is 151 cm³/mol. The number of halogens is 1. The van der Waals surface area contributed by atoms with E-state index >= 15 is 0 Å². The van der Waals surface area contributed by atoms with Crippen LogP contribution in [0.3, 0.4) is 0 Å². The lowest BCUT2D eigenvalue weighted by molar-refractivity contribution is -0.111. The topological polar surface area (TPSA) is 48.5 Å². The SMILES string of the molecule is CCc1ccc(C=CC(=O)Nc2ccc3nc(N4CCC(N5CCCC5)CC4)cc(C)c3c2)c(Cl)c1. The van der Waals surface area contributed by atoms with Crippen molar-refractivity contribution >= 4 is 46.0 Å². The van der Waals surface area contributed by atoms with Crippen LogP contribution in [0.25, 0.3) is 17.0 Å². The Morgan fingerprint density at radius 3 is 2.58 bits per heavy atom. The number of amides is 1. The molecule has 0 bridgehead atoms. The number of carbonyl (C=O) groups is 1. The lowest BCUT2D eigenvalue weighted by Gasteiger charge is -2.37. The molecule has 0 saturated carbocycles. The first-order valence-corrected chi connectivity index (χ1v) is 13.6. The molecule has 1 amide bonds. The van der Waals surface area contributed by atoms with Crippen LogP contribution < -0.4 is 10.2 Å². The van der Waals surface area contributed by atoms with E-state index in [1.807, 2.05) is 36.4 Å². The maximum Gasteiger partial charge on any atom is 0.248 e. The van der Waals surface area contributed by atoms with Crippen molar-refractivity contribution in [3.8, 4) is 0 Å². The van der Waals surface area contributed by atoms with Crippen LogP contribution in [0.5, 0.6) is 0 Å². The average molecular weight is 503 g/mol. The average Bonchev–Trinajstić information content (AvgIpc) is 3.43. The fourth-order valence-electron chi connectivity index (χ4n) is 5.46. The molecule has 2 fully saturated rings. The first-order valence-electron chi connectivity index (χ1n) is 13.2. The summed E-state index contributed by atoms with van der Waals surface area (Å²) in [6.07, 6.45) is 9.34. The fraction of sp³-hybridized carbons (Fsp3) is 0.400. The van der Waals surface area contributed by atoms with E-state index in [0.717, 1.165) is 53.5 Å². The smallest absolute Gasteiger partial charge is 0.248 e. The van der Waals surface area contributed by atoms with Gasteiger partial charge in [-0.15, -0.1) is 0 Å². The quantitative estimate of drug-likeness (QED) is 0.392. The summed E-state index contributed by atoms with van der Waals surface area (Å²) in [5.74, 6) is 0.874. The molecule has 3 aromatic rings. The zero-order valence-electron chi connectivity index (χ0n) is 21.3. The van der Waals surface area contributed by atoms with Crippen molar-refractivity contribution in [3.05, 3.63) is 70.3 Å². The number of rotatable bonds is 6. The third-order valence-electron chi connectivity index (χ3n) is 7.60. The van der Waals surface area contributed by atoms with E-state index in [4.69, 9.17) is 16.6 Å². The number of likely N-dealkylation sites (tertiary alicyclic amines) is 1. The maximum atomic E-state index is 12.6. The highest BCUT2D eigenvalue weighted by atomic mass is 35.5. The van der Waals surface area contributed by atoms with Gasteiger partial charge in [0, 0.05) is 41.3 Å². The molecule has 1 aromatic heterocycles. The second-order valence-electron chi connectivity index (χ2n) is 10.0. The number of aryl methyl sites for hydroxylation is 2. The Morgan fingerprint density at radius 1 is 1.08 bits per heavy atom. The summed E-state index contributed by atoms with van der Waals surface area (Å²) in [5, 5.41) is 4.69. The molecule has 2 aliphatic heterocycles. The number of aromatic nitrogens is 1. The Morgan fingerprint density at radius 2 is 1.86 bits per heavy atom. The number of benzene rings is 2. The van der Waals surface area contributed by atoms with Crippen LogP contribution in [0, 0.1) is 6.92 Å². The van der Waals surface area contributed by atoms with Gasteiger partial charge in [-0.05, 0) is 105 Å². The molecule has 36 heavy (non-hydrogen) atoms. The van der Waals surface area contributed by atoms with E-state index < -0.39 is 0 Å². The Hall–Kier alpha value is -2.89. The van der Waals surface area contributed by atoms with Crippen molar-refractivity contribution < 1.29 is 4.79 Å². The molecule has 0 unspecified atom stereocenters. The van der Waals surface area contributed by atoms with Gasteiger partial charge in [0.05, 0.1) is 5.52 Å². The van der Waals surface area contributed by atoms with E-state index in [0.29, 0.717) is 5.02 Å². The summed E-state index contributed by atoms with van der Waals surface area (Å²) in [6, 6.07) is 14.8. The molecule has 2 aromatic carbocycles. The Labute approximate surface area is 219 Å². The van der Waals surface area contributed by atoms with Gasteiger partial charge in [-0.25, -0.2) is 4.98 Å². The summed E-state index contributed by atoms with van der Waals surface area (Å²) in [6.45, 7) is 8.88. The molecule has 5 rings (SSSR count). The molecule has 2 aliphatic rings. The van der Waals surface area contributed by atoms with E-state index in [-0.39, 0.29) is 5.91 Å². The number of pyridine rings is 1. The van der Waals surface area contributed by atoms with Crippen LogP contribution in [0.15, 0.2) is 48.5 Å². The van der Waals surface area contributed by atoms with Crippen LogP contribution in [0.1, 0.15) is 49.3 Å². The lowest BCUT2D eigenvalue weighted by atomic mass is 10.0. The molecule has 0 spiro atoms. The molecule has 188 valence electrons. The Kier molecular flexibility index (Phi) is 7.59. The van der Waals surface area contributed by atoms with Crippen molar-refractivity contribution in [2.75, 3.05) is 36.4 Å². The summed E-state index contributed by atoms with van der Waals surface area (Å²) in [4.78, 5) is 22.6. The van der Waals surface area contributed by atoms with E-state index in [9.17, 15) is 4.79 Å². The lowest BCUT2D eigenvalue weighted by Crippen LogP contribution is -2.44. The molecular formula is C30H35ClN4O. The molecule has 1 N–H and O–H groups in total. The minimum Gasteiger partial charge on any atom is -0.356 e. The number of hydrogen-bond donors (Lipinski definition) is 1. The Balaban J connectivity index is 1.25. The monoisotopic (exact) mass is 502 g/mol. The molecule has 2 saturated heterocycles. The van der Waals surface area contributed by atoms with Crippen LogP contribution >= 0.6 is 11.6 Å².